The number of carbonyl (C=O) groups excluding carboxylic acids is 2. The van der Waals surface area contributed by atoms with Crippen LogP contribution in [0.5, 0.6) is 0 Å². The normalized spacial score (nSPS) is 11.7. The number of amides is 2. The van der Waals surface area contributed by atoms with Crippen LogP contribution in [0.1, 0.15) is 31.7 Å². The quantitative estimate of drug-likeness (QED) is 0.524. The van der Waals surface area contributed by atoms with Crippen molar-refractivity contribution >= 4 is 44.2 Å². The Morgan fingerprint density at radius 3 is 2.45 bits per heavy atom. The number of carbonyl (C=O) groups is 2. The maximum absolute atomic E-state index is 12.6. The molecule has 1 heterocycles. The Balaban J connectivity index is 1.77. The Hall–Kier alpha value is -3.24. The van der Waals surface area contributed by atoms with Gasteiger partial charge in [0.25, 0.3) is 0 Å². The van der Waals surface area contributed by atoms with Crippen molar-refractivity contribution in [3.05, 3.63) is 47.8 Å². The highest BCUT2D eigenvalue weighted by molar-refractivity contribution is 7.89. The molecule has 33 heavy (non-hydrogen) atoms. The number of nitrogens with one attached hydrogen (secondary N) is 2. The lowest BCUT2D eigenvalue weighted by atomic mass is 10.1. The molecule has 0 fully saturated rings. The standard InChI is InChI=1S/C23H29N5O4S/c1-6-28-21-10-9-18(33(31,32)27(4)5)14-20(21)26-22(28)11-12-23(30)25-17-8-7-15(2)19(13-17)24-16(3)29/h7-10,13-14H,6,11-12H2,1-5H3,(H,24,29)(H,25,30). The number of nitrogens with zero attached hydrogens (tertiary/aromatic N) is 3. The van der Waals surface area contributed by atoms with Gasteiger partial charge in [0.2, 0.25) is 21.8 Å². The summed E-state index contributed by atoms with van der Waals surface area (Å²) in [5.41, 5.74) is 3.54. The molecule has 0 unspecified atom stereocenters. The molecule has 2 amide bonds. The summed E-state index contributed by atoms with van der Waals surface area (Å²) in [6.45, 7) is 5.93. The van der Waals surface area contributed by atoms with Crippen LogP contribution < -0.4 is 10.6 Å². The second-order valence-corrected chi connectivity index (χ2v) is 10.1. The van der Waals surface area contributed by atoms with Gasteiger partial charge in [0, 0.05) is 51.8 Å². The summed E-state index contributed by atoms with van der Waals surface area (Å²) in [4.78, 5) is 28.7. The molecule has 0 spiro atoms. The van der Waals surface area contributed by atoms with E-state index >= 15 is 0 Å². The summed E-state index contributed by atoms with van der Waals surface area (Å²) in [6.07, 6.45) is 0.601. The highest BCUT2D eigenvalue weighted by Crippen LogP contribution is 2.23. The maximum atomic E-state index is 12.6. The molecule has 0 bridgehead atoms. The van der Waals surface area contributed by atoms with Gasteiger partial charge in [-0.3, -0.25) is 9.59 Å². The van der Waals surface area contributed by atoms with Crippen LogP contribution in [0.25, 0.3) is 11.0 Å². The van der Waals surface area contributed by atoms with Gasteiger partial charge in [-0.2, -0.15) is 0 Å². The number of fused-ring (bicyclic) bond motifs is 1. The molecule has 176 valence electrons. The van der Waals surface area contributed by atoms with E-state index in [0.29, 0.717) is 35.7 Å². The zero-order valence-corrected chi connectivity index (χ0v) is 20.3. The first-order chi connectivity index (χ1) is 15.5. The molecule has 2 aromatic carbocycles. The third-order valence-electron chi connectivity index (χ3n) is 5.30. The van der Waals surface area contributed by atoms with E-state index in [1.165, 1.54) is 25.3 Å². The molecule has 3 aromatic rings. The average molecular weight is 472 g/mol. The average Bonchev–Trinajstić information content (AvgIpc) is 3.10. The van der Waals surface area contributed by atoms with Crippen molar-refractivity contribution in [2.24, 2.45) is 0 Å². The molecule has 10 heteroatoms. The van der Waals surface area contributed by atoms with Crippen molar-refractivity contribution < 1.29 is 18.0 Å². The number of hydrogen-bond acceptors (Lipinski definition) is 5. The Morgan fingerprint density at radius 1 is 1.09 bits per heavy atom. The van der Waals surface area contributed by atoms with Gasteiger partial charge in [0.05, 0.1) is 15.9 Å². The highest BCUT2D eigenvalue weighted by atomic mass is 32.2. The number of anilines is 2. The predicted molar refractivity (Wildman–Crippen MR) is 129 cm³/mol. The number of hydrogen-bond donors (Lipinski definition) is 2. The van der Waals surface area contributed by atoms with E-state index in [-0.39, 0.29) is 23.1 Å². The molecule has 0 atom stereocenters. The second kappa shape index (κ2) is 9.72. The van der Waals surface area contributed by atoms with E-state index in [9.17, 15) is 18.0 Å². The summed E-state index contributed by atoms with van der Waals surface area (Å²) >= 11 is 0. The van der Waals surface area contributed by atoms with Crippen molar-refractivity contribution in [1.29, 1.82) is 0 Å². The number of rotatable bonds is 8. The zero-order valence-electron chi connectivity index (χ0n) is 19.5. The Bertz CT molecular complexity index is 1310. The predicted octanol–water partition coefficient (Wildman–Crippen LogP) is 3.14. The Kier molecular flexibility index (Phi) is 7.19. The molecule has 0 saturated carbocycles. The Labute approximate surface area is 193 Å². The van der Waals surface area contributed by atoms with Gasteiger partial charge in [0.1, 0.15) is 5.82 Å². The molecule has 3 rings (SSSR count). The molecule has 0 aliphatic rings. The van der Waals surface area contributed by atoms with Crippen LogP contribution in [0.4, 0.5) is 11.4 Å². The molecule has 0 radical (unpaired) electrons. The lowest BCUT2D eigenvalue weighted by Gasteiger charge is -2.11. The molecular weight excluding hydrogens is 442 g/mol. The van der Waals surface area contributed by atoms with Crippen molar-refractivity contribution in [2.75, 3.05) is 24.7 Å². The van der Waals surface area contributed by atoms with E-state index in [1.807, 2.05) is 24.5 Å². The third-order valence-corrected chi connectivity index (χ3v) is 7.11. The molecule has 1 aromatic heterocycles. The first kappa shape index (κ1) is 24.4. The molecule has 0 aliphatic carbocycles. The van der Waals surface area contributed by atoms with E-state index in [1.54, 1.807) is 30.3 Å². The first-order valence-corrected chi connectivity index (χ1v) is 12.1. The van der Waals surface area contributed by atoms with Gasteiger partial charge in [-0.05, 0) is 49.7 Å². The van der Waals surface area contributed by atoms with E-state index in [0.717, 1.165) is 11.1 Å². The van der Waals surface area contributed by atoms with Gasteiger partial charge in [0.15, 0.2) is 0 Å². The minimum absolute atomic E-state index is 0.179. The minimum Gasteiger partial charge on any atom is -0.328 e. The summed E-state index contributed by atoms with van der Waals surface area (Å²) in [5, 5.41) is 5.60. The van der Waals surface area contributed by atoms with Gasteiger partial charge in [-0.1, -0.05) is 6.07 Å². The first-order valence-electron chi connectivity index (χ1n) is 10.6. The number of imidazole rings is 1. The largest absolute Gasteiger partial charge is 0.328 e. The van der Waals surface area contributed by atoms with Crippen molar-refractivity contribution in [2.45, 2.75) is 45.1 Å². The number of benzene rings is 2. The molecule has 9 nitrogen and oxygen atoms in total. The SMILES string of the molecule is CCn1c(CCC(=O)Nc2ccc(C)c(NC(C)=O)c2)nc2cc(S(=O)(=O)N(C)C)ccc21. The number of aromatic nitrogens is 2. The monoisotopic (exact) mass is 471 g/mol. The third kappa shape index (κ3) is 5.40. The molecule has 2 N–H and O–H groups in total. The van der Waals surface area contributed by atoms with Gasteiger partial charge < -0.3 is 15.2 Å². The molecule has 0 saturated heterocycles. The summed E-state index contributed by atoms with van der Waals surface area (Å²) < 4.78 is 28.0. The minimum atomic E-state index is -3.56. The van der Waals surface area contributed by atoms with E-state index in [4.69, 9.17) is 0 Å². The zero-order chi connectivity index (χ0) is 24.3. The van der Waals surface area contributed by atoms with Crippen LogP contribution in [0.15, 0.2) is 41.3 Å². The topological polar surface area (TPSA) is 113 Å². The van der Waals surface area contributed by atoms with Crippen LogP contribution in [-0.4, -0.2) is 48.2 Å². The van der Waals surface area contributed by atoms with Crippen LogP contribution in [-0.2, 0) is 32.6 Å². The number of sulfonamides is 1. The van der Waals surface area contributed by atoms with Crippen LogP contribution in [0.3, 0.4) is 0 Å². The van der Waals surface area contributed by atoms with Gasteiger partial charge in [-0.25, -0.2) is 17.7 Å². The van der Waals surface area contributed by atoms with E-state index in [2.05, 4.69) is 15.6 Å². The van der Waals surface area contributed by atoms with Crippen molar-refractivity contribution in [1.82, 2.24) is 13.9 Å². The number of aryl methyl sites for hydroxylation is 3. The molecule has 0 aliphatic heterocycles. The van der Waals surface area contributed by atoms with Crippen molar-refractivity contribution in [3.63, 3.8) is 0 Å². The van der Waals surface area contributed by atoms with Crippen LogP contribution >= 0.6 is 0 Å². The van der Waals surface area contributed by atoms with Crippen LogP contribution in [0.2, 0.25) is 0 Å². The fraction of sp³-hybridized carbons (Fsp3) is 0.348. The summed E-state index contributed by atoms with van der Waals surface area (Å²) in [7, 11) is -0.585. The van der Waals surface area contributed by atoms with Crippen molar-refractivity contribution in [3.8, 4) is 0 Å². The van der Waals surface area contributed by atoms with E-state index < -0.39 is 10.0 Å². The Morgan fingerprint density at radius 2 is 1.82 bits per heavy atom. The fourth-order valence-electron chi connectivity index (χ4n) is 3.55. The summed E-state index contributed by atoms with van der Waals surface area (Å²) in [6, 6.07) is 10.2. The lowest BCUT2D eigenvalue weighted by molar-refractivity contribution is -0.116. The lowest BCUT2D eigenvalue weighted by Crippen LogP contribution is -2.22. The second-order valence-electron chi connectivity index (χ2n) is 7.97. The van der Waals surface area contributed by atoms with Crippen LogP contribution in [0, 0.1) is 6.92 Å². The highest BCUT2D eigenvalue weighted by Gasteiger charge is 2.20. The van der Waals surface area contributed by atoms with Gasteiger partial charge in [-0.15, -0.1) is 0 Å². The smallest absolute Gasteiger partial charge is 0.242 e. The maximum Gasteiger partial charge on any atom is 0.242 e. The molecular formula is C23H29N5O4S. The van der Waals surface area contributed by atoms with Gasteiger partial charge >= 0.3 is 0 Å². The fourth-order valence-corrected chi connectivity index (χ4v) is 4.47. The summed E-state index contributed by atoms with van der Waals surface area (Å²) in [5.74, 6) is 0.352.